The topological polar surface area (TPSA) is 87.5 Å². The molecule has 0 radical (unpaired) electrons. The van der Waals surface area contributed by atoms with Gasteiger partial charge >= 0.3 is 0 Å². The third kappa shape index (κ3) is 6.00. The lowest BCUT2D eigenvalue weighted by molar-refractivity contribution is 0.0607. The van der Waals surface area contributed by atoms with Gasteiger partial charge in [0.05, 0.1) is 17.3 Å². The average molecular weight is 626 g/mol. The second kappa shape index (κ2) is 11.9. The van der Waals surface area contributed by atoms with Gasteiger partial charge < -0.3 is 9.47 Å². The molecule has 3 aromatic carbocycles. The number of amides is 1. The number of hydrogen-bond donors (Lipinski definition) is 1. The summed E-state index contributed by atoms with van der Waals surface area (Å²) in [6.07, 6.45) is 8.97. The van der Waals surface area contributed by atoms with Gasteiger partial charge in [0.25, 0.3) is 5.91 Å². The van der Waals surface area contributed by atoms with Crippen molar-refractivity contribution in [3.05, 3.63) is 95.8 Å². The van der Waals surface area contributed by atoms with E-state index in [0.29, 0.717) is 42.5 Å². The van der Waals surface area contributed by atoms with Crippen LogP contribution >= 0.6 is 0 Å². The quantitative estimate of drug-likeness (QED) is 0.254. The van der Waals surface area contributed by atoms with Gasteiger partial charge in [-0.3, -0.25) is 14.4 Å². The zero-order valence-corrected chi connectivity index (χ0v) is 27.0. The molecule has 4 aromatic rings. The molecule has 45 heavy (non-hydrogen) atoms. The number of imidazole rings is 1. The van der Waals surface area contributed by atoms with Crippen molar-refractivity contribution in [2.45, 2.75) is 75.4 Å². The molecule has 0 spiro atoms. The van der Waals surface area contributed by atoms with Gasteiger partial charge in [-0.25, -0.2) is 13.4 Å². The largest absolute Gasteiger partial charge is 0.339 e. The molecule has 0 aliphatic carbocycles. The molecule has 7 rings (SSSR count). The van der Waals surface area contributed by atoms with E-state index < -0.39 is 10.0 Å². The number of fused-ring (bicyclic) bond motifs is 3. The number of hydrogen-bond acceptors (Lipinski definition) is 5. The summed E-state index contributed by atoms with van der Waals surface area (Å²) in [7, 11) is -3.36. The Kier molecular flexibility index (Phi) is 7.94. The fourth-order valence-electron chi connectivity index (χ4n) is 8.48. The van der Waals surface area contributed by atoms with Crippen molar-refractivity contribution in [2.75, 3.05) is 30.6 Å². The monoisotopic (exact) mass is 625 g/mol. The minimum atomic E-state index is -3.36. The van der Waals surface area contributed by atoms with Gasteiger partial charge in [-0.2, -0.15) is 0 Å². The Bertz CT molecular complexity index is 1760. The number of aromatic nitrogens is 2. The van der Waals surface area contributed by atoms with E-state index in [0.717, 1.165) is 43.4 Å². The first-order chi connectivity index (χ1) is 21.7. The van der Waals surface area contributed by atoms with Gasteiger partial charge in [-0.1, -0.05) is 42.5 Å². The number of carbonyl (C=O) groups is 1. The predicted octanol–water partition coefficient (Wildman–Crippen LogP) is 6.15. The smallest absolute Gasteiger partial charge is 0.253 e. The van der Waals surface area contributed by atoms with E-state index in [4.69, 9.17) is 4.98 Å². The van der Waals surface area contributed by atoms with Gasteiger partial charge in [0.1, 0.15) is 5.82 Å². The van der Waals surface area contributed by atoms with Gasteiger partial charge in [0, 0.05) is 42.5 Å². The molecule has 1 N–H and O–H groups in total. The van der Waals surface area contributed by atoms with Crippen LogP contribution in [-0.2, 0) is 15.4 Å². The number of sulfonamides is 1. The summed E-state index contributed by atoms with van der Waals surface area (Å²) in [4.78, 5) is 23.1. The maximum absolute atomic E-state index is 13.4. The summed E-state index contributed by atoms with van der Waals surface area (Å²) in [5.74, 6) is 1.13. The van der Waals surface area contributed by atoms with Gasteiger partial charge in [-0.05, 0) is 106 Å². The summed E-state index contributed by atoms with van der Waals surface area (Å²) in [5, 5.41) is 0. The Morgan fingerprint density at radius 3 is 2.20 bits per heavy atom. The molecule has 4 heterocycles. The number of benzene rings is 3. The van der Waals surface area contributed by atoms with Crippen molar-refractivity contribution in [1.82, 2.24) is 19.4 Å². The highest BCUT2D eigenvalue weighted by Gasteiger charge is 2.44. The molecular formula is C36H43N5O3S. The lowest BCUT2D eigenvalue weighted by Crippen LogP contribution is -2.49. The fraction of sp³-hybridized carbons (Fsp3) is 0.444. The van der Waals surface area contributed by atoms with Crippen LogP contribution in [0.3, 0.4) is 0 Å². The molecule has 1 aromatic heterocycles. The molecule has 3 fully saturated rings. The van der Waals surface area contributed by atoms with Gasteiger partial charge in [0.2, 0.25) is 10.0 Å². The summed E-state index contributed by atoms with van der Waals surface area (Å²) in [5.41, 5.74) is 4.83. The second-order valence-corrected chi connectivity index (χ2v) is 15.2. The van der Waals surface area contributed by atoms with E-state index in [1.807, 2.05) is 4.90 Å². The Hall–Kier alpha value is -3.69. The molecule has 2 unspecified atom stereocenters. The highest BCUT2D eigenvalue weighted by atomic mass is 32.2. The first kappa shape index (κ1) is 30.0. The van der Waals surface area contributed by atoms with Crippen molar-refractivity contribution in [3.8, 4) is 0 Å². The Labute approximate surface area is 266 Å². The normalized spacial score (nSPS) is 23.3. The van der Waals surface area contributed by atoms with Crippen LogP contribution in [0.2, 0.25) is 0 Å². The molecule has 1 amide bonds. The molecule has 9 heteroatoms. The SMILES string of the molecule is Cc1nc2ccccc2n1C1CC2CCC(C1)N2CCC1(c2ccccc2)CCN(C(=O)c2ccc(NS(C)(=O)=O)cc2)CC1. The highest BCUT2D eigenvalue weighted by Crippen LogP contribution is 2.45. The number of rotatable bonds is 8. The summed E-state index contributed by atoms with van der Waals surface area (Å²) in [6, 6.07) is 27.9. The van der Waals surface area contributed by atoms with Crippen LogP contribution in [-0.4, -0.2) is 71.6 Å². The van der Waals surface area contributed by atoms with E-state index in [1.54, 1.807) is 24.3 Å². The second-order valence-electron chi connectivity index (χ2n) is 13.4. The van der Waals surface area contributed by atoms with E-state index in [-0.39, 0.29) is 11.3 Å². The number of aryl methyl sites for hydroxylation is 1. The summed E-state index contributed by atoms with van der Waals surface area (Å²) < 4.78 is 28.1. The zero-order chi connectivity index (χ0) is 31.2. The number of piperidine rings is 2. The molecule has 3 aliphatic rings. The lowest BCUT2D eigenvalue weighted by atomic mass is 9.70. The molecule has 236 valence electrons. The Morgan fingerprint density at radius 1 is 0.889 bits per heavy atom. The maximum Gasteiger partial charge on any atom is 0.253 e. The standard InChI is InChI=1S/C36H43N5O3S/c1-26-37-33-10-6-7-11-34(33)41(26)32-24-30-16-17-31(25-32)40(30)23-20-36(28-8-4-3-5-9-28)18-21-39(22-19-36)35(42)27-12-14-29(15-13-27)38-45(2,43)44/h3-15,30-32,38H,16-25H2,1-2H3. The number of carbonyl (C=O) groups excluding carboxylic acids is 1. The third-order valence-corrected chi connectivity index (χ3v) is 11.3. The van der Waals surface area contributed by atoms with Crippen LogP contribution in [0.15, 0.2) is 78.9 Å². The molecule has 3 saturated heterocycles. The number of likely N-dealkylation sites (tertiary alicyclic amines) is 1. The minimum absolute atomic E-state index is 0.00463. The van der Waals surface area contributed by atoms with Crippen LogP contribution in [0, 0.1) is 6.92 Å². The van der Waals surface area contributed by atoms with Crippen LogP contribution < -0.4 is 4.72 Å². The fourth-order valence-corrected chi connectivity index (χ4v) is 9.04. The molecule has 3 aliphatic heterocycles. The number of nitrogens with one attached hydrogen (secondary N) is 1. The average Bonchev–Trinajstić information content (AvgIpc) is 3.50. The molecular weight excluding hydrogens is 582 g/mol. The Morgan fingerprint density at radius 2 is 1.53 bits per heavy atom. The lowest BCUT2D eigenvalue weighted by Gasteiger charge is -2.45. The number of para-hydroxylation sites is 2. The van der Waals surface area contributed by atoms with E-state index >= 15 is 0 Å². The molecule has 0 saturated carbocycles. The number of nitrogens with zero attached hydrogens (tertiary/aromatic N) is 4. The summed E-state index contributed by atoms with van der Waals surface area (Å²) >= 11 is 0. The molecule has 2 atom stereocenters. The molecule has 2 bridgehead atoms. The Balaban J connectivity index is 1.03. The summed E-state index contributed by atoms with van der Waals surface area (Å²) in [6.45, 7) is 4.65. The van der Waals surface area contributed by atoms with Crippen molar-refractivity contribution in [2.24, 2.45) is 0 Å². The van der Waals surface area contributed by atoms with Crippen molar-refractivity contribution >= 4 is 32.7 Å². The van der Waals surface area contributed by atoms with Crippen LogP contribution in [0.4, 0.5) is 5.69 Å². The van der Waals surface area contributed by atoms with Crippen molar-refractivity contribution in [1.29, 1.82) is 0 Å². The first-order valence-electron chi connectivity index (χ1n) is 16.3. The predicted molar refractivity (Wildman–Crippen MR) is 179 cm³/mol. The first-order valence-corrected chi connectivity index (χ1v) is 18.2. The van der Waals surface area contributed by atoms with Gasteiger partial charge in [0.15, 0.2) is 0 Å². The number of anilines is 1. The van der Waals surface area contributed by atoms with E-state index in [1.165, 1.54) is 36.8 Å². The van der Waals surface area contributed by atoms with E-state index in [9.17, 15) is 13.2 Å². The van der Waals surface area contributed by atoms with Crippen LogP contribution in [0.5, 0.6) is 0 Å². The zero-order valence-electron chi connectivity index (χ0n) is 26.2. The van der Waals surface area contributed by atoms with Crippen LogP contribution in [0.1, 0.15) is 72.7 Å². The highest BCUT2D eigenvalue weighted by molar-refractivity contribution is 7.92. The van der Waals surface area contributed by atoms with Crippen LogP contribution in [0.25, 0.3) is 11.0 Å². The minimum Gasteiger partial charge on any atom is -0.339 e. The maximum atomic E-state index is 13.4. The van der Waals surface area contributed by atoms with Crippen molar-refractivity contribution in [3.63, 3.8) is 0 Å². The third-order valence-electron chi connectivity index (χ3n) is 10.7. The van der Waals surface area contributed by atoms with Gasteiger partial charge in [-0.15, -0.1) is 0 Å². The molecule has 8 nitrogen and oxygen atoms in total. The van der Waals surface area contributed by atoms with Crippen molar-refractivity contribution < 1.29 is 13.2 Å². The van der Waals surface area contributed by atoms with E-state index in [2.05, 4.69) is 75.7 Å².